The Morgan fingerprint density at radius 1 is 1.45 bits per heavy atom. The molecule has 0 saturated heterocycles. The summed E-state index contributed by atoms with van der Waals surface area (Å²) >= 11 is 0. The van der Waals surface area contributed by atoms with Crippen LogP contribution in [-0.2, 0) is 16.1 Å². The Morgan fingerprint density at radius 2 is 2.20 bits per heavy atom. The van der Waals surface area contributed by atoms with Crippen LogP contribution in [0.2, 0.25) is 0 Å². The summed E-state index contributed by atoms with van der Waals surface area (Å²) in [6.45, 7) is 7.50. The lowest BCUT2D eigenvalue weighted by molar-refractivity contribution is -0.119. The second kappa shape index (κ2) is 6.52. The molecule has 0 bridgehead atoms. The number of aromatic nitrogens is 2. The van der Waals surface area contributed by atoms with Crippen LogP contribution in [0.5, 0.6) is 0 Å². The zero-order valence-electron chi connectivity index (χ0n) is 12.2. The second-order valence-corrected chi connectivity index (χ2v) is 4.73. The van der Waals surface area contributed by atoms with Gasteiger partial charge in [0.2, 0.25) is 5.91 Å². The summed E-state index contributed by atoms with van der Waals surface area (Å²) in [5, 5.41) is 2.89. The fourth-order valence-corrected chi connectivity index (χ4v) is 2.33. The maximum Gasteiger partial charge on any atom is 0.217 e. The van der Waals surface area contributed by atoms with Crippen LogP contribution in [0.3, 0.4) is 0 Å². The molecule has 1 atom stereocenters. The van der Waals surface area contributed by atoms with E-state index >= 15 is 0 Å². The van der Waals surface area contributed by atoms with Gasteiger partial charge in [0, 0.05) is 20.1 Å². The molecule has 1 aromatic carbocycles. The molecular weight excluding hydrogens is 254 g/mol. The van der Waals surface area contributed by atoms with Gasteiger partial charge in [-0.2, -0.15) is 0 Å². The Morgan fingerprint density at radius 3 is 2.90 bits per heavy atom. The molecule has 0 saturated carbocycles. The summed E-state index contributed by atoms with van der Waals surface area (Å²) < 4.78 is 7.55. The van der Waals surface area contributed by atoms with Crippen LogP contribution in [0, 0.1) is 0 Å². The van der Waals surface area contributed by atoms with Crippen LogP contribution in [0.4, 0.5) is 0 Å². The number of carbonyl (C=O) groups is 1. The molecule has 0 fully saturated rings. The number of nitrogens with one attached hydrogen (secondary N) is 1. The number of fused-ring (bicyclic) bond motifs is 1. The Kier molecular flexibility index (Phi) is 4.74. The fourth-order valence-electron chi connectivity index (χ4n) is 2.33. The topological polar surface area (TPSA) is 56.1 Å². The van der Waals surface area contributed by atoms with E-state index in [0.717, 1.165) is 23.4 Å². The standard InChI is InChI=1S/C15H21N3O2/c1-4-20-10-9-18-14-8-6-5-7-13(14)17-15(18)11(2)16-12(3)19/h5-8,11H,4,9-10H2,1-3H3,(H,16,19). The number of para-hydroxylation sites is 2. The number of hydrogen-bond donors (Lipinski definition) is 1. The maximum atomic E-state index is 11.2. The second-order valence-electron chi connectivity index (χ2n) is 4.73. The largest absolute Gasteiger partial charge is 0.380 e. The monoisotopic (exact) mass is 275 g/mol. The number of benzene rings is 1. The van der Waals surface area contributed by atoms with E-state index in [2.05, 4.69) is 14.9 Å². The van der Waals surface area contributed by atoms with Crippen LogP contribution in [0.25, 0.3) is 11.0 Å². The van der Waals surface area contributed by atoms with Crippen molar-refractivity contribution in [1.29, 1.82) is 0 Å². The molecule has 5 heteroatoms. The predicted molar refractivity (Wildman–Crippen MR) is 78.5 cm³/mol. The summed E-state index contributed by atoms with van der Waals surface area (Å²) in [5.74, 6) is 0.807. The van der Waals surface area contributed by atoms with Gasteiger partial charge in [0.1, 0.15) is 5.82 Å². The first kappa shape index (κ1) is 14.5. The van der Waals surface area contributed by atoms with E-state index in [9.17, 15) is 4.79 Å². The highest BCUT2D eigenvalue weighted by atomic mass is 16.5. The minimum atomic E-state index is -0.124. The van der Waals surface area contributed by atoms with Gasteiger partial charge in [0.15, 0.2) is 0 Å². The molecule has 2 aromatic rings. The predicted octanol–water partition coefficient (Wildman–Crippen LogP) is 2.27. The maximum absolute atomic E-state index is 11.2. The van der Waals surface area contributed by atoms with Gasteiger partial charge in [-0.1, -0.05) is 12.1 Å². The SMILES string of the molecule is CCOCCn1c(C(C)NC(C)=O)nc2ccccc21. The number of imidazole rings is 1. The molecule has 0 aliphatic carbocycles. The summed E-state index contributed by atoms with van der Waals surface area (Å²) in [5.41, 5.74) is 2.01. The number of nitrogens with zero attached hydrogens (tertiary/aromatic N) is 2. The summed E-state index contributed by atoms with van der Waals surface area (Å²) in [6, 6.07) is 7.86. The average molecular weight is 275 g/mol. The molecule has 1 unspecified atom stereocenters. The number of rotatable bonds is 6. The molecule has 1 N–H and O–H groups in total. The average Bonchev–Trinajstić information content (AvgIpc) is 2.78. The lowest BCUT2D eigenvalue weighted by atomic mass is 10.3. The zero-order valence-corrected chi connectivity index (χ0v) is 12.2. The lowest BCUT2D eigenvalue weighted by Crippen LogP contribution is -2.26. The van der Waals surface area contributed by atoms with E-state index in [1.165, 1.54) is 6.92 Å². The lowest BCUT2D eigenvalue weighted by Gasteiger charge is -2.15. The minimum absolute atomic E-state index is 0.0547. The van der Waals surface area contributed by atoms with E-state index < -0.39 is 0 Å². The fraction of sp³-hybridized carbons (Fsp3) is 0.467. The molecule has 20 heavy (non-hydrogen) atoms. The Bertz CT molecular complexity index is 592. The van der Waals surface area contributed by atoms with Gasteiger partial charge in [0.05, 0.1) is 23.7 Å². The quantitative estimate of drug-likeness (QED) is 0.823. The number of amides is 1. The van der Waals surface area contributed by atoms with Gasteiger partial charge in [0.25, 0.3) is 0 Å². The van der Waals surface area contributed by atoms with Crippen molar-refractivity contribution in [2.45, 2.75) is 33.4 Å². The smallest absolute Gasteiger partial charge is 0.217 e. The van der Waals surface area contributed by atoms with Crippen LogP contribution >= 0.6 is 0 Å². The Labute approximate surface area is 118 Å². The molecule has 0 spiro atoms. The number of hydrogen-bond acceptors (Lipinski definition) is 3. The highest BCUT2D eigenvalue weighted by molar-refractivity contribution is 5.77. The molecule has 108 valence electrons. The molecule has 1 amide bonds. The third-order valence-electron chi connectivity index (χ3n) is 3.15. The summed E-state index contributed by atoms with van der Waals surface area (Å²) in [7, 11) is 0. The molecule has 0 aliphatic rings. The van der Waals surface area contributed by atoms with Gasteiger partial charge in [-0.05, 0) is 26.0 Å². The van der Waals surface area contributed by atoms with Crippen LogP contribution in [0.15, 0.2) is 24.3 Å². The van der Waals surface area contributed by atoms with E-state index in [1.807, 2.05) is 38.1 Å². The Balaban J connectivity index is 2.35. The van der Waals surface area contributed by atoms with Crippen molar-refractivity contribution in [3.05, 3.63) is 30.1 Å². The Hall–Kier alpha value is -1.88. The molecular formula is C15H21N3O2. The zero-order chi connectivity index (χ0) is 14.5. The van der Waals surface area contributed by atoms with Crippen LogP contribution in [-0.4, -0.2) is 28.7 Å². The molecule has 5 nitrogen and oxygen atoms in total. The molecule has 2 rings (SSSR count). The van der Waals surface area contributed by atoms with E-state index in [1.54, 1.807) is 0 Å². The minimum Gasteiger partial charge on any atom is -0.380 e. The van der Waals surface area contributed by atoms with Crippen molar-refractivity contribution >= 4 is 16.9 Å². The van der Waals surface area contributed by atoms with Gasteiger partial charge in [-0.25, -0.2) is 4.98 Å². The van der Waals surface area contributed by atoms with Crippen molar-refractivity contribution < 1.29 is 9.53 Å². The molecule has 1 heterocycles. The third-order valence-corrected chi connectivity index (χ3v) is 3.15. The van der Waals surface area contributed by atoms with Gasteiger partial charge in [-0.3, -0.25) is 4.79 Å². The summed E-state index contributed by atoms with van der Waals surface area (Å²) in [6.07, 6.45) is 0. The van der Waals surface area contributed by atoms with E-state index in [4.69, 9.17) is 4.74 Å². The highest BCUT2D eigenvalue weighted by Crippen LogP contribution is 2.20. The first-order valence-corrected chi connectivity index (χ1v) is 6.93. The van der Waals surface area contributed by atoms with Gasteiger partial charge in [-0.15, -0.1) is 0 Å². The van der Waals surface area contributed by atoms with Gasteiger partial charge < -0.3 is 14.6 Å². The molecule has 1 aromatic heterocycles. The van der Waals surface area contributed by atoms with Crippen molar-refractivity contribution in [2.24, 2.45) is 0 Å². The third kappa shape index (κ3) is 3.17. The van der Waals surface area contributed by atoms with Gasteiger partial charge >= 0.3 is 0 Å². The normalized spacial score (nSPS) is 12.6. The molecule has 0 radical (unpaired) electrons. The van der Waals surface area contributed by atoms with Crippen LogP contribution in [0.1, 0.15) is 32.6 Å². The number of carbonyl (C=O) groups excluding carboxylic acids is 1. The first-order chi connectivity index (χ1) is 9.63. The highest BCUT2D eigenvalue weighted by Gasteiger charge is 2.16. The number of ether oxygens (including phenoxy) is 1. The first-order valence-electron chi connectivity index (χ1n) is 6.93. The van der Waals surface area contributed by atoms with Crippen molar-refractivity contribution in [1.82, 2.24) is 14.9 Å². The van der Waals surface area contributed by atoms with Crippen molar-refractivity contribution in [2.75, 3.05) is 13.2 Å². The molecule has 0 aliphatic heterocycles. The van der Waals surface area contributed by atoms with Crippen LogP contribution < -0.4 is 5.32 Å². The van der Waals surface area contributed by atoms with E-state index in [0.29, 0.717) is 13.2 Å². The van der Waals surface area contributed by atoms with Crippen molar-refractivity contribution in [3.63, 3.8) is 0 Å². The van der Waals surface area contributed by atoms with E-state index in [-0.39, 0.29) is 11.9 Å². The summed E-state index contributed by atoms with van der Waals surface area (Å²) in [4.78, 5) is 15.9. The van der Waals surface area contributed by atoms with Crippen molar-refractivity contribution in [3.8, 4) is 0 Å².